The molecule has 0 radical (unpaired) electrons. The highest BCUT2D eigenvalue weighted by atomic mass is 19.1. The molecule has 15 heavy (non-hydrogen) atoms. The molecule has 1 nitrogen and oxygen atoms in total. The first kappa shape index (κ1) is 10.1. The number of allylic oxidation sites excluding steroid dienone is 2. The Morgan fingerprint density at radius 2 is 2.33 bits per heavy atom. The minimum Gasteiger partial charge on any atom is -0.303 e. The molecule has 0 heterocycles. The highest BCUT2D eigenvalue weighted by Gasteiger charge is 2.20. The Morgan fingerprint density at radius 1 is 1.47 bits per heavy atom. The molecule has 0 amide bonds. The maximum Gasteiger partial charge on any atom is 0.123 e. The monoisotopic (exact) mass is 204 g/mol. The summed E-state index contributed by atoms with van der Waals surface area (Å²) in [6.45, 7) is 0. The largest absolute Gasteiger partial charge is 0.303 e. The highest BCUT2D eigenvalue weighted by Crippen LogP contribution is 2.35. The molecule has 0 aliphatic heterocycles. The third-order valence-corrected chi connectivity index (χ3v) is 2.86. The second-order valence-electron chi connectivity index (χ2n) is 3.85. The SMILES string of the molecule is O=CCC1CCC=C1c1cccc(F)c1. The van der Waals surface area contributed by atoms with Gasteiger partial charge in [0.05, 0.1) is 0 Å². The van der Waals surface area contributed by atoms with E-state index >= 15 is 0 Å². The fourth-order valence-electron chi connectivity index (χ4n) is 2.14. The number of rotatable bonds is 3. The van der Waals surface area contributed by atoms with E-state index in [0.717, 1.165) is 30.3 Å². The van der Waals surface area contributed by atoms with Crippen LogP contribution in [0, 0.1) is 11.7 Å². The van der Waals surface area contributed by atoms with Crippen molar-refractivity contribution < 1.29 is 9.18 Å². The van der Waals surface area contributed by atoms with Crippen molar-refractivity contribution in [3.63, 3.8) is 0 Å². The molecule has 0 saturated heterocycles. The van der Waals surface area contributed by atoms with E-state index in [2.05, 4.69) is 6.08 Å². The summed E-state index contributed by atoms with van der Waals surface area (Å²) >= 11 is 0. The molecular formula is C13H13FO. The summed E-state index contributed by atoms with van der Waals surface area (Å²) in [6.07, 6.45) is 5.60. The fourth-order valence-corrected chi connectivity index (χ4v) is 2.14. The molecule has 1 atom stereocenters. The third-order valence-electron chi connectivity index (χ3n) is 2.86. The zero-order chi connectivity index (χ0) is 10.7. The van der Waals surface area contributed by atoms with Crippen LogP contribution >= 0.6 is 0 Å². The number of aldehydes is 1. The molecule has 2 rings (SSSR count). The predicted octanol–water partition coefficient (Wildman–Crippen LogP) is 3.21. The van der Waals surface area contributed by atoms with Gasteiger partial charge in [-0.3, -0.25) is 0 Å². The van der Waals surface area contributed by atoms with Crippen molar-refractivity contribution in [3.05, 3.63) is 41.7 Å². The molecule has 0 saturated carbocycles. The van der Waals surface area contributed by atoms with Gasteiger partial charge < -0.3 is 4.79 Å². The van der Waals surface area contributed by atoms with Gasteiger partial charge in [-0.1, -0.05) is 18.2 Å². The molecule has 1 aromatic rings. The predicted molar refractivity (Wildman–Crippen MR) is 57.8 cm³/mol. The van der Waals surface area contributed by atoms with Crippen LogP contribution in [0.1, 0.15) is 24.8 Å². The average molecular weight is 204 g/mol. The molecule has 0 spiro atoms. The fraction of sp³-hybridized carbons (Fsp3) is 0.308. The topological polar surface area (TPSA) is 17.1 Å². The van der Waals surface area contributed by atoms with Crippen molar-refractivity contribution >= 4 is 11.9 Å². The zero-order valence-corrected chi connectivity index (χ0v) is 8.45. The van der Waals surface area contributed by atoms with Gasteiger partial charge in [-0.2, -0.15) is 0 Å². The van der Waals surface area contributed by atoms with E-state index in [4.69, 9.17) is 0 Å². The second-order valence-corrected chi connectivity index (χ2v) is 3.85. The average Bonchev–Trinajstić information content (AvgIpc) is 2.66. The quantitative estimate of drug-likeness (QED) is 0.691. The van der Waals surface area contributed by atoms with Crippen LogP contribution in [0.15, 0.2) is 30.3 Å². The Bertz CT molecular complexity index is 395. The molecule has 0 fully saturated rings. The highest BCUT2D eigenvalue weighted by molar-refractivity contribution is 5.71. The van der Waals surface area contributed by atoms with E-state index in [1.807, 2.05) is 6.07 Å². The molecule has 1 aliphatic carbocycles. The number of halogens is 1. The van der Waals surface area contributed by atoms with Crippen LogP contribution in [0.25, 0.3) is 5.57 Å². The van der Waals surface area contributed by atoms with Gasteiger partial charge in [-0.25, -0.2) is 4.39 Å². The van der Waals surface area contributed by atoms with Crippen LogP contribution in [0.5, 0.6) is 0 Å². The second kappa shape index (κ2) is 4.39. The number of carbonyl (C=O) groups is 1. The summed E-state index contributed by atoms with van der Waals surface area (Å²) in [5.41, 5.74) is 2.04. The first-order chi connectivity index (χ1) is 7.31. The van der Waals surface area contributed by atoms with E-state index in [1.165, 1.54) is 12.1 Å². The van der Waals surface area contributed by atoms with E-state index < -0.39 is 0 Å². The van der Waals surface area contributed by atoms with Gasteiger partial charge in [-0.05, 0) is 42.0 Å². The van der Waals surface area contributed by atoms with E-state index in [9.17, 15) is 9.18 Å². The van der Waals surface area contributed by atoms with Crippen LogP contribution in [0.2, 0.25) is 0 Å². The Morgan fingerprint density at radius 3 is 3.07 bits per heavy atom. The first-order valence-electron chi connectivity index (χ1n) is 5.21. The third kappa shape index (κ3) is 2.14. The van der Waals surface area contributed by atoms with Crippen LogP contribution in [0.3, 0.4) is 0 Å². The normalized spacial score (nSPS) is 20.1. The van der Waals surface area contributed by atoms with Gasteiger partial charge in [0.15, 0.2) is 0 Å². The maximum atomic E-state index is 13.0. The van der Waals surface area contributed by atoms with Crippen molar-refractivity contribution in [1.29, 1.82) is 0 Å². The lowest BCUT2D eigenvalue weighted by Gasteiger charge is -2.11. The van der Waals surface area contributed by atoms with Crippen LogP contribution in [-0.2, 0) is 4.79 Å². The van der Waals surface area contributed by atoms with E-state index in [1.54, 1.807) is 6.07 Å². The molecule has 1 aliphatic rings. The summed E-state index contributed by atoms with van der Waals surface area (Å²) < 4.78 is 13.0. The van der Waals surface area contributed by atoms with Gasteiger partial charge in [0.2, 0.25) is 0 Å². The number of hydrogen-bond donors (Lipinski definition) is 0. The minimum atomic E-state index is -0.217. The number of carbonyl (C=O) groups excluding carboxylic acids is 1. The Labute approximate surface area is 88.6 Å². The lowest BCUT2D eigenvalue weighted by molar-refractivity contribution is -0.108. The van der Waals surface area contributed by atoms with Crippen LogP contribution < -0.4 is 0 Å². The molecule has 0 aromatic heterocycles. The zero-order valence-electron chi connectivity index (χ0n) is 8.45. The lowest BCUT2D eigenvalue weighted by Crippen LogP contribution is -1.99. The van der Waals surface area contributed by atoms with Gasteiger partial charge in [-0.15, -0.1) is 0 Å². The van der Waals surface area contributed by atoms with Gasteiger partial charge >= 0.3 is 0 Å². The molecule has 0 bridgehead atoms. The molecule has 1 unspecified atom stereocenters. The number of hydrogen-bond acceptors (Lipinski definition) is 1. The maximum absolute atomic E-state index is 13.0. The van der Waals surface area contributed by atoms with Crippen molar-refractivity contribution in [2.75, 3.05) is 0 Å². The first-order valence-corrected chi connectivity index (χ1v) is 5.21. The van der Waals surface area contributed by atoms with Crippen molar-refractivity contribution in [1.82, 2.24) is 0 Å². The van der Waals surface area contributed by atoms with Crippen molar-refractivity contribution in [3.8, 4) is 0 Å². The van der Waals surface area contributed by atoms with Gasteiger partial charge in [0.1, 0.15) is 12.1 Å². The van der Waals surface area contributed by atoms with Crippen LogP contribution in [0.4, 0.5) is 4.39 Å². The minimum absolute atomic E-state index is 0.217. The van der Waals surface area contributed by atoms with Crippen molar-refractivity contribution in [2.45, 2.75) is 19.3 Å². The summed E-state index contributed by atoms with van der Waals surface area (Å²) in [5.74, 6) is 0.0643. The Hall–Kier alpha value is -1.44. The molecule has 2 heteroatoms. The standard InChI is InChI=1S/C13H13FO/c14-12-5-1-4-11(9-12)13-6-2-3-10(13)7-8-15/h1,4-6,8-10H,2-3,7H2. The van der Waals surface area contributed by atoms with E-state index in [0.29, 0.717) is 6.42 Å². The van der Waals surface area contributed by atoms with E-state index in [-0.39, 0.29) is 11.7 Å². The Balaban J connectivity index is 2.26. The Kier molecular flexibility index (Phi) is 2.95. The molecular weight excluding hydrogens is 191 g/mol. The molecule has 1 aromatic carbocycles. The van der Waals surface area contributed by atoms with Crippen LogP contribution in [-0.4, -0.2) is 6.29 Å². The molecule has 78 valence electrons. The number of benzene rings is 1. The lowest BCUT2D eigenvalue weighted by atomic mass is 9.93. The summed E-state index contributed by atoms with van der Waals surface area (Å²) in [7, 11) is 0. The molecule has 0 N–H and O–H groups in total. The van der Waals surface area contributed by atoms with Crippen molar-refractivity contribution in [2.24, 2.45) is 5.92 Å². The smallest absolute Gasteiger partial charge is 0.123 e. The summed E-state index contributed by atoms with van der Waals surface area (Å²) in [5, 5.41) is 0. The summed E-state index contributed by atoms with van der Waals surface area (Å²) in [6, 6.07) is 6.59. The summed E-state index contributed by atoms with van der Waals surface area (Å²) in [4.78, 5) is 10.5. The van der Waals surface area contributed by atoms with Gasteiger partial charge in [0, 0.05) is 6.42 Å². The van der Waals surface area contributed by atoms with Gasteiger partial charge in [0.25, 0.3) is 0 Å².